The van der Waals surface area contributed by atoms with Gasteiger partial charge in [-0.15, -0.1) is 0 Å². The van der Waals surface area contributed by atoms with Crippen molar-refractivity contribution in [3.63, 3.8) is 0 Å². The molecular formula is C20H18F2N4O3. The van der Waals surface area contributed by atoms with Gasteiger partial charge in [0.15, 0.2) is 11.6 Å². The number of benzene rings is 1. The highest BCUT2D eigenvalue weighted by atomic mass is 19.1. The zero-order valence-electron chi connectivity index (χ0n) is 15.6. The summed E-state index contributed by atoms with van der Waals surface area (Å²) in [6.45, 7) is 2.80. The quantitative estimate of drug-likeness (QED) is 0.659. The minimum atomic E-state index is -0.713. The van der Waals surface area contributed by atoms with E-state index in [1.807, 2.05) is 6.92 Å². The zero-order chi connectivity index (χ0) is 20.4. The molecule has 9 heteroatoms. The van der Waals surface area contributed by atoms with Crippen LogP contribution in [0.3, 0.4) is 0 Å². The summed E-state index contributed by atoms with van der Waals surface area (Å²) >= 11 is 0. The van der Waals surface area contributed by atoms with Crippen LogP contribution in [0.2, 0.25) is 0 Å². The van der Waals surface area contributed by atoms with E-state index in [0.29, 0.717) is 37.5 Å². The van der Waals surface area contributed by atoms with Gasteiger partial charge in [0, 0.05) is 36.3 Å². The average molecular weight is 400 g/mol. The molecule has 1 fully saturated rings. The summed E-state index contributed by atoms with van der Waals surface area (Å²) in [5.74, 6) is -0.526. The molecule has 0 N–H and O–H groups in total. The molecule has 0 unspecified atom stereocenters. The van der Waals surface area contributed by atoms with Crippen molar-refractivity contribution in [2.24, 2.45) is 0 Å². The van der Waals surface area contributed by atoms with E-state index in [2.05, 4.69) is 15.1 Å². The summed E-state index contributed by atoms with van der Waals surface area (Å²) in [6.07, 6.45) is 2.32. The molecule has 4 rings (SSSR count). The minimum absolute atomic E-state index is 0.0176. The normalized spacial score (nSPS) is 14.8. The van der Waals surface area contributed by atoms with Crippen LogP contribution in [0.25, 0.3) is 11.5 Å². The van der Waals surface area contributed by atoms with E-state index in [-0.39, 0.29) is 17.4 Å². The van der Waals surface area contributed by atoms with E-state index >= 15 is 0 Å². The van der Waals surface area contributed by atoms with Crippen molar-refractivity contribution < 1.29 is 22.8 Å². The fourth-order valence-corrected chi connectivity index (χ4v) is 3.20. The Morgan fingerprint density at radius 1 is 1.17 bits per heavy atom. The summed E-state index contributed by atoms with van der Waals surface area (Å²) in [6, 6.07) is 6.52. The van der Waals surface area contributed by atoms with Gasteiger partial charge in [0.25, 0.3) is 5.89 Å². The summed E-state index contributed by atoms with van der Waals surface area (Å²) in [5, 5.41) is 3.95. The van der Waals surface area contributed by atoms with Crippen LogP contribution in [0.5, 0.6) is 5.75 Å². The first kappa shape index (κ1) is 19.0. The first-order valence-electron chi connectivity index (χ1n) is 9.17. The second kappa shape index (κ2) is 7.94. The smallest absolute Gasteiger partial charge is 0.409 e. The average Bonchev–Trinajstić information content (AvgIpc) is 3.19. The number of piperidine rings is 1. The molecule has 1 aliphatic heterocycles. The van der Waals surface area contributed by atoms with Gasteiger partial charge in [-0.2, -0.15) is 4.98 Å². The third-order valence-electron chi connectivity index (χ3n) is 4.76. The van der Waals surface area contributed by atoms with Crippen LogP contribution in [0.15, 0.2) is 41.1 Å². The number of carbonyl (C=O) groups is 1. The van der Waals surface area contributed by atoms with Gasteiger partial charge in [0.2, 0.25) is 0 Å². The number of likely N-dealkylation sites (tertiary alicyclic amines) is 1. The number of aryl methyl sites for hydroxylation is 1. The highest BCUT2D eigenvalue weighted by Crippen LogP contribution is 2.29. The molecule has 0 saturated carbocycles. The fraction of sp³-hybridized carbons (Fsp3) is 0.300. The van der Waals surface area contributed by atoms with E-state index in [4.69, 9.17) is 9.26 Å². The van der Waals surface area contributed by atoms with Crippen molar-refractivity contribution in [3.8, 4) is 17.2 Å². The monoisotopic (exact) mass is 400 g/mol. The third kappa shape index (κ3) is 4.39. The highest BCUT2D eigenvalue weighted by Gasteiger charge is 2.28. The summed E-state index contributed by atoms with van der Waals surface area (Å²) in [7, 11) is 0. The van der Waals surface area contributed by atoms with Crippen LogP contribution in [0, 0.1) is 18.6 Å². The molecule has 150 valence electrons. The van der Waals surface area contributed by atoms with Gasteiger partial charge in [0.1, 0.15) is 11.6 Å². The Bertz CT molecular complexity index is 995. The Kier molecular flexibility index (Phi) is 5.20. The number of ether oxygens (including phenoxy) is 1. The van der Waals surface area contributed by atoms with E-state index in [9.17, 15) is 13.6 Å². The van der Waals surface area contributed by atoms with Gasteiger partial charge in [0.05, 0.1) is 6.20 Å². The van der Waals surface area contributed by atoms with Crippen LogP contribution < -0.4 is 4.74 Å². The topological polar surface area (TPSA) is 81.4 Å². The first-order valence-corrected chi connectivity index (χ1v) is 9.17. The van der Waals surface area contributed by atoms with E-state index in [0.717, 1.165) is 23.9 Å². The number of carbonyl (C=O) groups excluding carboxylic acids is 1. The molecular weight excluding hydrogens is 382 g/mol. The van der Waals surface area contributed by atoms with Crippen molar-refractivity contribution in [1.29, 1.82) is 0 Å². The molecule has 0 bridgehead atoms. The molecule has 0 atom stereocenters. The van der Waals surface area contributed by atoms with Gasteiger partial charge >= 0.3 is 6.09 Å². The molecule has 0 radical (unpaired) electrons. The van der Waals surface area contributed by atoms with Gasteiger partial charge in [-0.1, -0.05) is 5.16 Å². The number of rotatable bonds is 3. The summed E-state index contributed by atoms with van der Waals surface area (Å²) < 4.78 is 37.3. The predicted octanol–water partition coefficient (Wildman–Crippen LogP) is 4.10. The van der Waals surface area contributed by atoms with Gasteiger partial charge in [-0.05, 0) is 44.0 Å². The van der Waals surface area contributed by atoms with Crippen molar-refractivity contribution in [3.05, 3.63) is 59.7 Å². The van der Waals surface area contributed by atoms with Crippen LogP contribution in [-0.2, 0) is 0 Å². The molecule has 1 aromatic carbocycles. The van der Waals surface area contributed by atoms with Crippen LogP contribution in [0.4, 0.5) is 13.6 Å². The predicted molar refractivity (Wildman–Crippen MR) is 98.2 cm³/mol. The lowest BCUT2D eigenvalue weighted by Gasteiger charge is -2.29. The Morgan fingerprint density at radius 3 is 2.55 bits per heavy atom. The van der Waals surface area contributed by atoms with Crippen LogP contribution in [-0.4, -0.2) is 39.2 Å². The standard InChI is InChI=1S/C20H18F2N4O3/c1-12-2-3-17(11-23-12)28-20(27)26-6-4-13(5-7-26)18-24-19(29-25-18)14-8-15(21)10-16(22)9-14/h2-3,8-11,13H,4-7H2,1H3. The van der Waals surface area contributed by atoms with E-state index in [1.54, 1.807) is 17.0 Å². The second-order valence-electron chi connectivity index (χ2n) is 6.88. The lowest BCUT2D eigenvalue weighted by molar-refractivity contribution is 0.137. The molecule has 3 heterocycles. The van der Waals surface area contributed by atoms with Crippen LogP contribution in [0.1, 0.15) is 30.3 Å². The fourth-order valence-electron chi connectivity index (χ4n) is 3.20. The van der Waals surface area contributed by atoms with Gasteiger partial charge in [-0.3, -0.25) is 4.98 Å². The SMILES string of the molecule is Cc1ccc(OC(=O)N2CCC(c3noc(-c4cc(F)cc(F)c4)n3)CC2)cn1. The third-order valence-corrected chi connectivity index (χ3v) is 4.76. The molecule has 1 saturated heterocycles. The Hall–Kier alpha value is -3.36. The summed E-state index contributed by atoms with van der Waals surface area (Å²) in [5.41, 5.74) is 1.03. The highest BCUT2D eigenvalue weighted by molar-refractivity contribution is 5.70. The molecule has 29 heavy (non-hydrogen) atoms. The number of hydrogen-bond acceptors (Lipinski definition) is 6. The van der Waals surface area contributed by atoms with Crippen LogP contribution >= 0.6 is 0 Å². The second-order valence-corrected chi connectivity index (χ2v) is 6.88. The van der Waals surface area contributed by atoms with E-state index in [1.165, 1.54) is 6.20 Å². The number of amides is 1. The lowest BCUT2D eigenvalue weighted by Crippen LogP contribution is -2.39. The van der Waals surface area contributed by atoms with Crippen molar-refractivity contribution in [1.82, 2.24) is 20.0 Å². The number of aromatic nitrogens is 3. The number of pyridine rings is 1. The van der Waals surface area contributed by atoms with Crippen molar-refractivity contribution >= 4 is 6.09 Å². The Morgan fingerprint density at radius 2 is 1.90 bits per heavy atom. The molecule has 7 nitrogen and oxygen atoms in total. The molecule has 0 spiro atoms. The molecule has 0 aliphatic carbocycles. The zero-order valence-corrected chi connectivity index (χ0v) is 15.6. The first-order chi connectivity index (χ1) is 14.0. The Labute approximate surface area is 165 Å². The van der Waals surface area contributed by atoms with Crippen molar-refractivity contribution in [2.45, 2.75) is 25.7 Å². The molecule has 3 aromatic rings. The minimum Gasteiger partial charge on any atom is -0.409 e. The van der Waals surface area contributed by atoms with Crippen molar-refractivity contribution in [2.75, 3.05) is 13.1 Å². The molecule has 1 amide bonds. The maximum Gasteiger partial charge on any atom is 0.415 e. The Balaban J connectivity index is 1.36. The maximum atomic E-state index is 13.4. The van der Waals surface area contributed by atoms with E-state index < -0.39 is 17.7 Å². The van der Waals surface area contributed by atoms with Gasteiger partial charge < -0.3 is 14.2 Å². The number of hydrogen-bond donors (Lipinski definition) is 0. The maximum absolute atomic E-state index is 13.4. The lowest BCUT2D eigenvalue weighted by atomic mass is 9.96. The molecule has 2 aromatic heterocycles. The molecule has 1 aliphatic rings. The number of nitrogens with zero attached hydrogens (tertiary/aromatic N) is 4. The largest absolute Gasteiger partial charge is 0.415 e. The number of halogens is 2. The van der Waals surface area contributed by atoms with Gasteiger partial charge in [-0.25, -0.2) is 13.6 Å². The summed E-state index contributed by atoms with van der Waals surface area (Å²) in [4.78, 5) is 22.3.